The number of rotatable bonds is 13. The van der Waals surface area contributed by atoms with Crippen LogP contribution in [0.2, 0.25) is 0 Å². The van der Waals surface area contributed by atoms with E-state index < -0.39 is 29.7 Å². The zero-order chi connectivity index (χ0) is 22.0. The van der Waals surface area contributed by atoms with Crippen LogP contribution in [0.1, 0.15) is 59.3 Å². The number of hydrogen-bond acceptors (Lipinski definition) is 4. The molecule has 0 aliphatic rings. The summed E-state index contributed by atoms with van der Waals surface area (Å²) in [5, 5.41) is 0. The van der Waals surface area contributed by atoms with Gasteiger partial charge in [-0.15, -0.1) is 11.8 Å². The van der Waals surface area contributed by atoms with E-state index in [-0.39, 0.29) is 24.4 Å². The first-order chi connectivity index (χ1) is 12.7. The van der Waals surface area contributed by atoms with Crippen LogP contribution in [0, 0.1) is 11.8 Å². The van der Waals surface area contributed by atoms with E-state index in [4.69, 9.17) is 5.73 Å². The molecule has 0 aromatic heterocycles. The number of thioether (sulfide) groups is 1. The molecule has 2 nitrogen and oxygen atoms in total. The van der Waals surface area contributed by atoms with E-state index >= 15 is 0 Å². The third kappa shape index (κ3) is 11.8. The fraction of sp³-hybridized carbons (Fsp3) is 0.944. The molecule has 0 bridgehead atoms. The molecule has 0 spiro atoms. The van der Waals surface area contributed by atoms with Crippen LogP contribution in [-0.2, 0) is 0 Å². The molecule has 0 aromatic rings. The second kappa shape index (κ2) is 12.6. The highest BCUT2D eigenvalue weighted by molar-refractivity contribution is 7.99. The van der Waals surface area contributed by atoms with Gasteiger partial charge in [-0.2, -0.15) is 39.0 Å². The third-order valence-corrected chi connectivity index (χ3v) is 5.74. The topological polar surface area (TPSA) is 38.4 Å². The van der Waals surface area contributed by atoms with Crippen LogP contribution in [0.3, 0.4) is 0 Å². The van der Waals surface area contributed by atoms with Crippen LogP contribution in [0.15, 0.2) is 4.99 Å². The lowest BCUT2D eigenvalue weighted by Crippen LogP contribution is -2.48. The Morgan fingerprint density at radius 1 is 0.964 bits per heavy atom. The van der Waals surface area contributed by atoms with Crippen LogP contribution in [0.4, 0.5) is 26.3 Å². The molecule has 0 aliphatic heterocycles. The van der Waals surface area contributed by atoms with E-state index in [9.17, 15) is 26.3 Å². The van der Waals surface area contributed by atoms with Crippen molar-refractivity contribution < 1.29 is 26.3 Å². The molecule has 0 rings (SSSR count). The molecule has 2 N–H and O–H groups in total. The van der Waals surface area contributed by atoms with Crippen molar-refractivity contribution in [2.75, 3.05) is 17.4 Å². The summed E-state index contributed by atoms with van der Waals surface area (Å²) < 4.78 is 78.5. The van der Waals surface area contributed by atoms with E-state index in [0.717, 1.165) is 0 Å². The smallest absolute Gasteiger partial charge is 0.325 e. The molecule has 2 atom stereocenters. The van der Waals surface area contributed by atoms with Crippen LogP contribution < -0.4 is 5.73 Å². The Morgan fingerprint density at radius 2 is 1.54 bits per heavy atom. The molecule has 0 aliphatic carbocycles. The first kappa shape index (κ1) is 27.9. The molecule has 10 heteroatoms. The predicted molar refractivity (Wildman–Crippen MR) is 109 cm³/mol. The molecular weight excluding hydrogens is 422 g/mol. The number of nitrogens with two attached hydrogens (primary N) is 1. The summed E-state index contributed by atoms with van der Waals surface area (Å²) in [7, 11) is 0. The number of hydrogen-bond donors (Lipinski definition) is 2. The summed E-state index contributed by atoms with van der Waals surface area (Å²) in [6, 6.07) is 0. The zero-order valence-corrected chi connectivity index (χ0v) is 18.4. The number of unbranched alkanes of at least 4 members (excludes halogenated alkanes) is 2. The molecule has 0 saturated heterocycles. The highest BCUT2D eigenvalue weighted by atomic mass is 32.2. The minimum Gasteiger partial charge on any atom is -0.325 e. The number of thiol groups is 1. The maximum absolute atomic E-state index is 13.1. The van der Waals surface area contributed by atoms with Crippen molar-refractivity contribution >= 4 is 30.1 Å². The Balaban J connectivity index is 4.34. The first-order valence-electron chi connectivity index (χ1n) is 9.33. The van der Waals surface area contributed by atoms with Gasteiger partial charge in [-0.25, -0.2) is 0 Å². The molecule has 2 unspecified atom stereocenters. The third-order valence-electron chi connectivity index (χ3n) is 4.53. The van der Waals surface area contributed by atoms with Gasteiger partial charge in [-0.3, -0.25) is 4.99 Å². The van der Waals surface area contributed by atoms with Crippen molar-refractivity contribution in [3.63, 3.8) is 0 Å². The highest BCUT2D eigenvalue weighted by Gasteiger charge is 2.46. The SMILES string of the molecule is C/C(=N\CSCCCCC(C(C)(C)N)C(F)(F)F)C(CCCCS)C(F)(F)F. The Bertz CT molecular complexity index is 444. The second-order valence-electron chi connectivity index (χ2n) is 7.56. The normalized spacial score (nSPS) is 16.3. The first-order valence-corrected chi connectivity index (χ1v) is 11.1. The van der Waals surface area contributed by atoms with Gasteiger partial charge in [0.15, 0.2) is 0 Å². The summed E-state index contributed by atoms with van der Waals surface area (Å²) in [4.78, 5) is 4.02. The summed E-state index contributed by atoms with van der Waals surface area (Å²) in [5.74, 6) is -1.85. The van der Waals surface area contributed by atoms with Gasteiger partial charge in [-0.05, 0) is 58.0 Å². The largest absolute Gasteiger partial charge is 0.396 e. The lowest BCUT2D eigenvalue weighted by Gasteiger charge is -2.32. The summed E-state index contributed by atoms with van der Waals surface area (Å²) in [5.41, 5.74) is 4.35. The Labute approximate surface area is 173 Å². The minimum atomic E-state index is -4.34. The number of nitrogens with zero attached hydrogens (tertiary/aromatic N) is 1. The van der Waals surface area contributed by atoms with Crippen LogP contribution in [-0.4, -0.2) is 41.0 Å². The molecule has 168 valence electrons. The lowest BCUT2D eigenvalue weighted by atomic mass is 9.84. The van der Waals surface area contributed by atoms with Gasteiger partial charge >= 0.3 is 12.4 Å². The highest BCUT2D eigenvalue weighted by Crippen LogP contribution is 2.37. The number of aliphatic imine (C=N–C) groups is 1. The quantitative estimate of drug-likeness (QED) is 0.144. The van der Waals surface area contributed by atoms with Gasteiger partial charge in [0.2, 0.25) is 0 Å². The van der Waals surface area contributed by atoms with Crippen LogP contribution in [0.5, 0.6) is 0 Å². The Hall–Kier alpha value is -0.0900. The van der Waals surface area contributed by atoms with Gasteiger partial charge in [-0.1, -0.05) is 12.8 Å². The molecule has 0 amide bonds. The maximum atomic E-state index is 13.1. The Morgan fingerprint density at radius 3 is 2.00 bits per heavy atom. The fourth-order valence-electron chi connectivity index (χ4n) is 2.90. The van der Waals surface area contributed by atoms with Gasteiger partial charge in [0.1, 0.15) is 0 Å². The van der Waals surface area contributed by atoms with Gasteiger partial charge in [0.25, 0.3) is 0 Å². The molecule has 28 heavy (non-hydrogen) atoms. The summed E-state index contributed by atoms with van der Waals surface area (Å²) in [6.07, 6.45) is -6.78. The zero-order valence-electron chi connectivity index (χ0n) is 16.7. The number of alkyl halides is 6. The maximum Gasteiger partial charge on any atom is 0.396 e. The van der Waals surface area contributed by atoms with E-state index in [1.807, 2.05) is 0 Å². The van der Waals surface area contributed by atoms with Crippen molar-refractivity contribution in [1.29, 1.82) is 0 Å². The van der Waals surface area contributed by atoms with E-state index in [1.165, 1.54) is 32.5 Å². The average molecular weight is 455 g/mol. The van der Waals surface area contributed by atoms with Crippen molar-refractivity contribution in [2.45, 2.75) is 77.2 Å². The Kier molecular flexibility index (Phi) is 12.5. The van der Waals surface area contributed by atoms with E-state index in [0.29, 0.717) is 37.2 Å². The van der Waals surface area contributed by atoms with Crippen molar-refractivity contribution in [2.24, 2.45) is 22.6 Å². The molecule has 0 aromatic carbocycles. The van der Waals surface area contributed by atoms with Gasteiger partial charge in [0.05, 0.1) is 17.7 Å². The van der Waals surface area contributed by atoms with E-state index in [1.54, 1.807) is 0 Å². The van der Waals surface area contributed by atoms with Crippen molar-refractivity contribution in [3.05, 3.63) is 0 Å². The number of halogens is 6. The predicted octanol–water partition coefficient (Wildman–Crippen LogP) is 6.50. The lowest BCUT2D eigenvalue weighted by molar-refractivity contribution is -0.191. The van der Waals surface area contributed by atoms with Crippen molar-refractivity contribution in [1.82, 2.24) is 0 Å². The van der Waals surface area contributed by atoms with E-state index in [2.05, 4.69) is 17.6 Å². The monoisotopic (exact) mass is 454 g/mol. The minimum absolute atomic E-state index is 0.00222. The van der Waals surface area contributed by atoms with Gasteiger partial charge < -0.3 is 5.73 Å². The second-order valence-corrected chi connectivity index (χ2v) is 9.08. The fourth-order valence-corrected chi connectivity index (χ4v) is 3.96. The standard InChI is InChI=1S/C18H32F6N2S2/c1-13(14(17(19,20)21)8-4-6-10-27)26-12-28-11-7-5-9-15(16(2,3)25)18(22,23)24/h14-15,27H,4-12,25H2,1-3H3/b26-13+. The molecule has 0 heterocycles. The molecule has 0 saturated carbocycles. The van der Waals surface area contributed by atoms with Crippen molar-refractivity contribution in [3.8, 4) is 0 Å². The molecule has 0 radical (unpaired) electrons. The van der Waals surface area contributed by atoms with Gasteiger partial charge in [0, 0.05) is 11.3 Å². The molecular formula is C18H32F6N2S2. The van der Waals surface area contributed by atoms with Crippen LogP contribution in [0.25, 0.3) is 0 Å². The summed E-state index contributed by atoms with van der Waals surface area (Å²) >= 11 is 5.33. The molecule has 0 fully saturated rings. The average Bonchev–Trinajstić information content (AvgIpc) is 2.50. The summed E-state index contributed by atoms with van der Waals surface area (Å²) in [6.45, 7) is 4.12. The van der Waals surface area contributed by atoms with Crippen LogP contribution >= 0.6 is 24.4 Å².